The SMILES string of the molecule is Cn1ccnc1Sc1c([N+](=O)[O-])cc([N+](=O)[O-])cc1[N+](=O)[O-]. The van der Waals surface area contributed by atoms with Gasteiger partial charge < -0.3 is 4.57 Å². The number of rotatable bonds is 5. The Morgan fingerprint density at radius 3 is 1.95 bits per heavy atom. The third-order valence-corrected chi connectivity index (χ3v) is 3.81. The molecule has 2 aromatic rings. The maximum absolute atomic E-state index is 11.1. The third kappa shape index (κ3) is 2.85. The van der Waals surface area contributed by atoms with E-state index in [1.165, 1.54) is 10.8 Å². The molecule has 0 fully saturated rings. The summed E-state index contributed by atoms with van der Waals surface area (Å²) >= 11 is 0.697. The fourth-order valence-corrected chi connectivity index (χ4v) is 2.58. The minimum atomic E-state index is -0.921. The van der Waals surface area contributed by atoms with Crippen molar-refractivity contribution in [3.8, 4) is 0 Å². The van der Waals surface area contributed by atoms with Crippen molar-refractivity contribution in [3.63, 3.8) is 0 Å². The van der Waals surface area contributed by atoms with E-state index < -0.39 is 31.8 Å². The number of imidazole rings is 1. The summed E-state index contributed by atoms with van der Waals surface area (Å²) in [5, 5.41) is 33.3. The van der Waals surface area contributed by atoms with Crippen molar-refractivity contribution < 1.29 is 14.8 Å². The molecule has 0 saturated heterocycles. The summed E-state index contributed by atoms with van der Waals surface area (Å²) in [6, 6.07) is 1.39. The molecular weight excluding hydrogens is 318 g/mol. The van der Waals surface area contributed by atoms with Crippen LogP contribution in [-0.4, -0.2) is 24.3 Å². The molecule has 1 aromatic heterocycles. The van der Waals surface area contributed by atoms with E-state index in [4.69, 9.17) is 0 Å². The molecule has 0 aliphatic heterocycles. The van der Waals surface area contributed by atoms with E-state index in [0.717, 1.165) is 0 Å². The number of aromatic nitrogens is 2. The summed E-state index contributed by atoms with van der Waals surface area (Å²) < 4.78 is 1.51. The molecule has 0 bridgehead atoms. The highest BCUT2D eigenvalue weighted by Gasteiger charge is 2.31. The summed E-state index contributed by atoms with van der Waals surface area (Å²) in [7, 11) is 1.61. The summed E-state index contributed by atoms with van der Waals surface area (Å²) in [5.74, 6) is 0. The lowest BCUT2D eigenvalue weighted by Gasteiger charge is -2.04. The molecule has 1 aromatic carbocycles. The third-order valence-electron chi connectivity index (χ3n) is 2.61. The Bertz CT molecular complexity index is 753. The second kappa shape index (κ2) is 5.77. The summed E-state index contributed by atoms with van der Waals surface area (Å²) in [5.41, 5.74) is -2.15. The van der Waals surface area contributed by atoms with Gasteiger partial charge in [-0.05, 0) is 11.8 Å². The monoisotopic (exact) mass is 325 g/mol. The van der Waals surface area contributed by atoms with Crippen LogP contribution in [0.4, 0.5) is 17.1 Å². The van der Waals surface area contributed by atoms with Crippen LogP contribution >= 0.6 is 11.8 Å². The lowest BCUT2D eigenvalue weighted by Crippen LogP contribution is -2.00. The Morgan fingerprint density at radius 1 is 1.05 bits per heavy atom. The fourth-order valence-electron chi connectivity index (χ4n) is 1.61. The standard InChI is InChI=1S/C10H7N5O6S/c1-12-3-2-11-10(12)22-9-7(14(18)19)4-6(13(16)17)5-8(9)15(20)21/h2-5H,1H3. The van der Waals surface area contributed by atoms with E-state index in [-0.39, 0.29) is 10.1 Å². The topological polar surface area (TPSA) is 147 Å². The Morgan fingerprint density at radius 2 is 1.59 bits per heavy atom. The molecular formula is C10H7N5O6S. The lowest BCUT2D eigenvalue weighted by molar-refractivity contribution is -0.407. The number of nitrogens with zero attached hydrogens (tertiary/aromatic N) is 5. The first-order valence-corrected chi connectivity index (χ1v) is 6.39. The molecule has 0 N–H and O–H groups in total. The maximum atomic E-state index is 11.1. The summed E-state index contributed by atoms with van der Waals surface area (Å²) in [4.78, 5) is 33.9. The van der Waals surface area contributed by atoms with Gasteiger partial charge in [-0.25, -0.2) is 4.98 Å². The van der Waals surface area contributed by atoms with Gasteiger partial charge in [-0.2, -0.15) is 0 Å². The van der Waals surface area contributed by atoms with Gasteiger partial charge in [-0.15, -0.1) is 0 Å². The molecule has 0 aliphatic rings. The number of aryl methyl sites for hydroxylation is 1. The van der Waals surface area contributed by atoms with Crippen LogP contribution in [0.1, 0.15) is 0 Å². The zero-order valence-corrected chi connectivity index (χ0v) is 11.7. The van der Waals surface area contributed by atoms with Crippen LogP contribution in [0, 0.1) is 30.3 Å². The van der Waals surface area contributed by atoms with Crippen molar-refractivity contribution >= 4 is 28.8 Å². The van der Waals surface area contributed by atoms with Crippen LogP contribution in [0.2, 0.25) is 0 Å². The molecule has 0 saturated carbocycles. The smallest absolute Gasteiger partial charge is 0.297 e. The van der Waals surface area contributed by atoms with Gasteiger partial charge >= 0.3 is 0 Å². The molecule has 0 radical (unpaired) electrons. The first-order valence-electron chi connectivity index (χ1n) is 5.57. The highest BCUT2D eigenvalue weighted by Crippen LogP contribution is 2.43. The minimum absolute atomic E-state index is 0.278. The Kier molecular flexibility index (Phi) is 4.03. The van der Waals surface area contributed by atoms with Crippen LogP contribution < -0.4 is 0 Å². The van der Waals surface area contributed by atoms with Gasteiger partial charge in [-0.3, -0.25) is 30.3 Å². The maximum Gasteiger partial charge on any atom is 0.297 e. The van der Waals surface area contributed by atoms with Crippen LogP contribution in [0.5, 0.6) is 0 Å². The van der Waals surface area contributed by atoms with E-state index in [9.17, 15) is 30.3 Å². The van der Waals surface area contributed by atoms with Gasteiger partial charge in [0.1, 0.15) is 0 Å². The van der Waals surface area contributed by atoms with Crippen LogP contribution in [-0.2, 0) is 7.05 Å². The van der Waals surface area contributed by atoms with Crippen molar-refractivity contribution in [3.05, 3.63) is 54.9 Å². The molecule has 114 valence electrons. The van der Waals surface area contributed by atoms with E-state index >= 15 is 0 Å². The molecule has 11 nitrogen and oxygen atoms in total. The zero-order valence-electron chi connectivity index (χ0n) is 10.9. The van der Waals surface area contributed by atoms with Gasteiger partial charge in [0.25, 0.3) is 17.1 Å². The van der Waals surface area contributed by atoms with Crippen molar-refractivity contribution in [1.29, 1.82) is 0 Å². The highest BCUT2D eigenvalue weighted by atomic mass is 32.2. The second-order valence-electron chi connectivity index (χ2n) is 4.01. The lowest BCUT2D eigenvalue weighted by atomic mass is 10.2. The van der Waals surface area contributed by atoms with E-state index in [1.54, 1.807) is 13.2 Å². The number of hydrogen-bond donors (Lipinski definition) is 0. The van der Waals surface area contributed by atoms with Gasteiger partial charge in [0, 0.05) is 19.4 Å². The van der Waals surface area contributed by atoms with Crippen molar-refractivity contribution in [2.24, 2.45) is 7.05 Å². The van der Waals surface area contributed by atoms with Crippen LogP contribution in [0.15, 0.2) is 34.6 Å². The minimum Gasteiger partial charge on any atom is -0.329 e. The second-order valence-corrected chi connectivity index (χ2v) is 4.98. The van der Waals surface area contributed by atoms with Gasteiger partial charge in [-0.1, -0.05) is 0 Å². The molecule has 0 aliphatic carbocycles. The van der Waals surface area contributed by atoms with E-state index in [2.05, 4.69) is 4.98 Å². The van der Waals surface area contributed by atoms with Crippen LogP contribution in [0.25, 0.3) is 0 Å². The fraction of sp³-hybridized carbons (Fsp3) is 0.100. The molecule has 0 unspecified atom stereocenters. The van der Waals surface area contributed by atoms with Gasteiger partial charge in [0.2, 0.25) is 0 Å². The average Bonchev–Trinajstić information content (AvgIpc) is 2.83. The first-order chi connectivity index (χ1) is 10.3. The Labute approximate surface area is 126 Å². The predicted molar refractivity (Wildman–Crippen MR) is 73.7 cm³/mol. The highest BCUT2D eigenvalue weighted by molar-refractivity contribution is 7.99. The predicted octanol–water partition coefficient (Wildman–Crippen LogP) is 2.30. The van der Waals surface area contributed by atoms with Crippen molar-refractivity contribution in [2.45, 2.75) is 10.1 Å². The first kappa shape index (κ1) is 15.4. The number of nitro benzene ring substituents is 3. The molecule has 0 amide bonds. The number of benzene rings is 1. The average molecular weight is 325 g/mol. The molecule has 2 rings (SSSR count). The molecule has 0 atom stereocenters. The number of nitro groups is 3. The zero-order chi connectivity index (χ0) is 16.4. The van der Waals surface area contributed by atoms with E-state index in [0.29, 0.717) is 23.9 Å². The molecule has 22 heavy (non-hydrogen) atoms. The van der Waals surface area contributed by atoms with E-state index in [1.807, 2.05) is 0 Å². The quantitative estimate of drug-likeness (QED) is 0.600. The largest absolute Gasteiger partial charge is 0.329 e. The molecule has 0 spiro atoms. The summed E-state index contributed by atoms with van der Waals surface area (Å²) in [6.45, 7) is 0. The van der Waals surface area contributed by atoms with Crippen LogP contribution in [0.3, 0.4) is 0 Å². The normalized spacial score (nSPS) is 10.4. The summed E-state index contributed by atoms with van der Waals surface area (Å²) in [6.07, 6.45) is 2.98. The van der Waals surface area contributed by atoms with Crippen molar-refractivity contribution in [1.82, 2.24) is 9.55 Å². The molecule has 1 heterocycles. The number of non-ortho nitro benzene ring substituents is 1. The Balaban J connectivity index is 2.68. The van der Waals surface area contributed by atoms with Gasteiger partial charge in [0.05, 0.1) is 26.9 Å². The molecule has 12 heteroatoms. The van der Waals surface area contributed by atoms with Gasteiger partial charge in [0.15, 0.2) is 10.1 Å². The Hall–Kier alpha value is -3.02. The van der Waals surface area contributed by atoms with Crippen molar-refractivity contribution in [2.75, 3.05) is 0 Å². The number of hydrogen-bond acceptors (Lipinski definition) is 8.